The van der Waals surface area contributed by atoms with Gasteiger partial charge in [-0.1, -0.05) is 63.9 Å². The van der Waals surface area contributed by atoms with E-state index >= 15 is 0 Å². The summed E-state index contributed by atoms with van der Waals surface area (Å²) in [4.78, 5) is 18.8. The summed E-state index contributed by atoms with van der Waals surface area (Å²) in [5.74, 6) is 1.01. The number of carbonyl (C=O) groups is 1. The molecule has 0 fully saturated rings. The number of aryl methyl sites for hydroxylation is 1. The van der Waals surface area contributed by atoms with Crippen molar-refractivity contribution in [2.45, 2.75) is 58.9 Å². The van der Waals surface area contributed by atoms with E-state index in [4.69, 9.17) is 5.11 Å². The molecule has 0 aliphatic carbocycles. The van der Waals surface area contributed by atoms with Gasteiger partial charge in [0.25, 0.3) is 0 Å². The molecule has 2 aromatic rings. The minimum absolute atomic E-state index is 0.0155. The Morgan fingerprint density at radius 1 is 1.20 bits per heavy atom. The summed E-state index contributed by atoms with van der Waals surface area (Å²) in [5, 5.41) is 11.6. The van der Waals surface area contributed by atoms with Crippen molar-refractivity contribution in [3.05, 3.63) is 42.4 Å². The van der Waals surface area contributed by atoms with Gasteiger partial charge in [-0.2, -0.15) is 0 Å². The highest BCUT2D eigenvalue weighted by Gasteiger charge is 2.25. The van der Waals surface area contributed by atoms with Crippen LogP contribution in [-0.2, 0) is 6.42 Å². The Kier molecular flexibility index (Phi) is 6.62. The molecule has 0 aliphatic heterocycles. The van der Waals surface area contributed by atoms with E-state index in [0.29, 0.717) is 0 Å². The van der Waals surface area contributed by atoms with E-state index in [0.717, 1.165) is 49.2 Å². The van der Waals surface area contributed by atoms with E-state index in [1.807, 2.05) is 24.4 Å². The lowest BCUT2D eigenvalue weighted by Crippen LogP contribution is -2.43. The van der Waals surface area contributed by atoms with Crippen molar-refractivity contribution in [2.24, 2.45) is 5.41 Å². The second-order valence-electron chi connectivity index (χ2n) is 7.58. The van der Waals surface area contributed by atoms with Crippen LogP contribution in [0.25, 0.3) is 11.3 Å². The molecule has 136 valence electrons. The maximum Gasteiger partial charge on any atom is 0.404 e. The quantitative estimate of drug-likeness (QED) is 0.599. The Morgan fingerprint density at radius 2 is 1.92 bits per heavy atom. The van der Waals surface area contributed by atoms with Crippen molar-refractivity contribution in [1.82, 2.24) is 15.3 Å². The van der Waals surface area contributed by atoms with Crippen molar-refractivity contribution in [3.63, 3.8) is 0 Å². The number of benzene rings is 1. The van der Waals surface area contributed by atoms with Gasteiger partial charge in [-0.05, 0) is 23.8 Å². The van der Waals surface area contributed by atoms with Crippen LogP contribution in [0.4, 0.5) is 4.79 Å². The molecular formula is C20H29N3O2. The largest absolute Gasteiger partial charge is 0.465 e. The van der Waals surface area contributed by atoms with Gasteiger partial charge in [0.1, 0.15) is 5.82 Å². The SMILES string of the molecule is CC(C)(C)C(CCCCCc1ncc(-c2ccccc2)[nH]1)NC(=O)O. The lowest BCUT2D eigenvalue weighted by Gasteiger charge is -2.30. The van der Waals surface area contributed by atoms with Crippen molar-refractivity contribution in [3.8, 4) is 11.3 Å². The number of carboxylic acid groups (broad SMARTS) is 1. The average molecular weight is 343 g/mol. The van der Waals surface area contributed by atoms with Crippen LogP contribution in [0.3, 0.4) is 0 Å². The minimum atomic E-state index is -0.941. The van der Waals surface area contributed by atoms with Crippen molar-refractivity contribution in [1.29, 1.82) is 0 Å². The van der Waals surface area contributed by atoms with Crippen LogP contribution < -0.4 is 5.32 Å². The number of hydrogen-bond acceptors (Lipinski definition) is 2. The van der Waals surface area contributed by atoms with Crippen LogP contribution in [-0.4, -0.2) is 27.2 Å². The summed E-state index contributed by atoms with van der Waals surface area (Å²) in [7, 11) is 0. The molecule has 0 aliphatic rings. The van der Waals surface area contributed by atoms with Crippen LogP contribution in [0.15, 0.2) is 36.5 Å². The third kappa shape index (κ3) is 6.25. The standard InChI is InChI=1S/C20H29N3O2/c1-20(2,3)17(23-19(24)25)12-8-5-9-13-18-21-14-16(22-18)15-10-6-4-7-11-15/h4,6-7,10-11,14,17,23H,5,8-9,12-13H2,1-3H3,(H,21,22)(H,24,25). The number of imidazole rings is 1. The van der Waals surface area contributed by atoms with E-state index in [9.17, 15) is 4.79 Å². The number of amides is 1. The molecule has 3 N–H and O–H groups in total. The number of nitrogens with one attached hydrogen (secondary N) is 2. The first-order chi connectivity index (χ1) is 11.9. The molecule has 0 saturated carbocycles. The second kappa shape index (κ2) is 8.70. The van der Waals surface area contributed by atoms with E-state index in [2.05, 4.69) is 48.2 Å². The van der Waals surface area contributed by atoms with Gasteiger partial charge >= 0.3 is 6.09 Å². The number of H-pyrrole nitrogens is 1. The van der Waals surface area contributed by atoms with Gasteiger partial charge in [0.15, 0.2) is 0 Å². The number of hydrogen-bond donors (Lipinski definition) is 3. The molecule has 0 spiro atoms. The average Bonchev–Trinajstić information content (AvgIpc) is 3.02. The van der Waals surface area contributed by atoms with E-state index in [-0.39, 0.29) is 11.5 Å². The highest BCUT2D eigenvalue weighted by Crippen LogP contribution is 2.24. The Hall–Kier alpha value is -2.30. The number of aromatic amines is 1. The summed E-state index contributed by atoms with van der Waals surface area (Å²) in [6.45, 7) is 6.21. The Balaban J connectivity index is 1.74. The number of rotatable bonds is 8. The fraction of sp³-hybridized carbons (Fsp3) is 0.500. The monoisotopic (exact) mass is 343 g/mol. The first kappa shape index (κ1) is 19.0. The van der Waals surface area contributed by atoms with Gasteiger partial charge < -0.3 is 15.4 Å². The van der Waals surface area contributed by atoms with E-state index in [1.54, 1.807) is 0 Å². The Labute approximate surface area is 149 Å². The predicted octanol–water partition coefficient (Wildman–Crippen LogP) is 4.86. The number of aromatic nitrogens is 2. The smallest absolute Gasteiger partial charge is 0.404 e. The highest BCUT2D eigenvalue weighted by molar-refractivity contribution is 5.65. The van der Waals surface area contributed by atoms with Gasteiger partial charge in [0.05, 0.1) is 11.9 Å². The molecule has 1 aromatic carbocycles. The first-order valence-electron chi connectivity index (χ1n) is 8.95. The van der Waals surface area contributed by atoms with Crippen LogP contribution >= 0.6 is 0 Å². The Morgan fingerprint density at radius 3 is 2.56 bits per heavy atom. The minimum Gasteiger partial charge on any atom is -0.465 e. The van der Waals surface area contributed by atoms with E-state index in [1.165, 1.54) is 0 Å². The van der Waals surface area contributed by atoms with Crippen LogP contribution in [0, 0.1) is 5.41 Å². The molecular weight excluding hydrogens is 314 g/mol. The topological polar surface area (TPSA) is 78.0 Å². The molecule has 1 amide bonds. The van der Waals surface area contributed by atoms with Gasteiger partial charge in [0.2, 0.25) is 0 Å². The van der Waals surface area contributed by atoms with Gasteiger partial charge in [0, 0.05) is 12.5 Å². The maximum atomic E-state index is 10.9. The zero-order valence-electron chi connectivity index (χ0n) is 15.4. The van der Waals surface area contributed by atoms with Gasteiger partial charge in [-0.15, -0.1) is 0 Å². The summed E-state index contributed by atoms with van der Waals surface area (Å²) < 4.78 is 0. The van der Waals surface area contributed by atoms with Crippen LogP contribution in [0.5, 0.6) is 0 Å². The maximum absolute atomic E-state index is 10.9. The summed E-state index contributed by atoms with van der Waals surface area (Å²) in [5.41, 5.74) is 2.13. The molecule has 25 heavy (non-hydrogen) atoms. The third-order valence-electron chi connectivity index (χ3n) is 4.46. The molecule has 5 heteroatoms. The lowest BCUT2D eigenvalue weighted by atomic mass is 9.83. The van der Waals surface area contributed by atoms with Crippen LogP contribution in [0.2, 0.25) is 0 Å². The molecule has 5 nitrogen and oxygen atoms in total. The second-order valence-corrected chi connectivity index (χ2v) is 7.58. The molecule has 1 aromatic heterocycles. The van der Waals surface area contributed by atoms with Gasteiger partial charge in [-0.3, -0.25) is 0 Å². The molecule has 1 unspecified atom stereocenters. The third-order valence-corrected chi connectivity index (χ3v) is 4.46. The molecule has 0 radical (unpaired) electrons. The first-order valence-corrected chi connectivity index (χ1v) is 8.95. The number of nitrogens with zero attached hydrogens (tertiary/aromatic N) is 1. The van der Waals surface area contributed by atoms with Crippen molar-refractivity contribution >= 4 is 6.09 Å². The van der Waals surface area contributed by atoms with E-state index < -0.39 is 6.09 Å². The fourth-order valence-corrected chi connectivity index (χ4v) is 2.94. The highest BCUT2D eigenvalue weighted by atomic mass is 16.4. The fourth-order valence-electron chi connectivity index (χ4n) is 2.94. The Bertz CT molecular complexity index is 659. The predicted molar refractivity (Wildman–Crippen MR) is 101 cm³/mol. The lowest BCUT2D eigenvalue weighted by molar-refractivity contribution is 0.171. The molecule has 0 bridgehead atoms. The number of unbranched alkanes of at least 4 members (excludes halogenated alkanes) is 2. The van der Waals surface area contributed by atoms with Crippen molar-refractivity contribution < 1.29 is 9.90 Å². The zero-order chi connectivity index (χ0) is 18.3. The normalized spacial score (nSPS) is 12.8. The van der Waals surface area contributed by atoms with Crippen molar-refractivity contribution in [2.75, 3.05) is 0 Å². The summed E-state index contributed by atoms with van der Waals surface area (Å²) in [6, 6.07) is 10.2. The zero-order valence-corrected chi connectivity index (χ0v) is 15.4. The molecule has 1 atom stereocenters. The summed E-state index contributed by atoms with van der Waals surface area (Å²) >= 11 is 0. The van der Waals surface area contributed by atoms with Gasteiger partial charge in [-0.25, -0.2) is 9.78 Å². The molecule has 1 heterocycles. The molecule has 2 rings (SSSR count). The van der Waals surface area contributed by atoms with Crippen LogP contribution in [0.1, 0.15) is 52.3 Å². The molecule has 0 saturated heterocycles. The summed E-state index contributed by atoms with van der Waals surface area (Å²) in [6.07, 6.45) is 5.85.